The van der Waals surface area contributed by atoms with E-state index in [1.54, 1.807) is 10.9 Å². The number of amides is 2. The first kappa shape index (κ1) is 21.7. The van der Waals surface area contributed by atoms with Gasteiger partial charge in [-0.05, 0) is 41.6 Å². The number of benzene rings is 2. The van der Waals surface area contributed by atoms with Gasteiger partial charge in [0.15, 0.2) is 0 Å². The molecule has 10 heteroatoms. The van der Waals surface area contributed by atoms with Crippen molar-refractivity contribution >= 4 is 29.2 Å². The first-order valence-electron chi connectivity index (χ1n) is 8.95. The van der Waals surface area contributed by atoms with Gasteiger partial charge in [-0.15, -0.1) is 0 Å². The highest BCUT2D eigenvalue weighted by molar-refractivity contribution is 8.00. The van der Waals surface area contributed by atoms with E-state index in [1.165, 1.54) is 30.5 Å². The van der Waals surface area contributed by atoms with Crippen LogP contribution in [0.25, 0.3) is 0 Å². The number of ether oxygens (including phenoxy) is 1. The molecule has 1 aromatic heterocycles. The third kappa shape index (κ3) is 7.45. The van der Waals surface area contributed by atoms with Crippen LogP contribution < -0.4 is 10.6 Å². The smallest absolute Gasteiger partial charge is 0.375 e. The van der Waals surface area contributed by atoms with Crippen LogP contribution in [-0.2, 0) is 17.9 Å². The van der Waals surface area contributed by atoms with Crippen LogP contribution in [0.1, 0.15) is 5.56 Å². The zero-order valence-corrected chi connectivity index (χ0v) is 16.5. The zero-order valence-electron chi connectivity index (χ0n) is 15.7. The quantitative estimate of drug-likeness (QED) is 0.369. The Morgan fingerprint density at radius 3 is 2.43 bits per heavy atom. The summed E-state index contributed by atoms with van der Waals surface area (Å²) in [5.41, 5.74) is -2.40. The minimum Gasteiger partial charge on any atom is -0.375 e. The van der Waals surface area contributed by atoms with Crippen LogP contribution in [0.2, 0.25) is 0 Å². The fraction of sp³-hybridized carbons (Fsp3) is 0.200. The van der Waals surface area contributed by atoms with Crippen molar-refractivity contribution in [2.24, 2.45) is 0 Å². The molecule has 0 aliphatic carbocycles. The first-order chi connectivity index (χ1) is 14.4. The summed E-state index contributed by atoms with van der Waals surface area (Å²) in [7, 11) is 0. The Kier molecular flexibility index (Phi) is 7.36. The highest BCUT2D eigenvalue weighted by Gasteiger charge is 2.29. The standard InChI is InChI=1S/C20H19F3N4O2S/c21-20(22,23)30-18-8-6-16(7-9-18)25-19(28)26-17-12-24-27(13-17)10-11-29-14-15-4-2-1-3-5-15/h1-9,12-13H,10-11,14H2,(H2,25,26,28). The van der Waals surface area contributed by atoms with E-state index in [1.807, 2.05) is 30.3 Å². The second-order valence-electron chi connectivity index (χ2n) is 6.18. The minimum absolute atomic E-state index is 0.0456. The van der Waals surface area contributed by atoms with Gasteiger partial charge in [-0.1, -0.05) is 30.3 Å². The molecule has 0 aliphatic rings. The van der Waals surface area contributed by atoms with E-state index in [9.17, 15) is 18.0 Å². The van der Waals surface area contributed by atoms with Gasteiger partial charge < -0.3 is 15.4 Å². The Morgan fingerprint density at radius 1 is 1.03 bits per heavy atom. The molecular formula is C20H19F3N4O2S. The second kappa shape index (κ2) is 10.2. The third-order valence-electron chi connectivity index (χ3n) is 3.81. The summed E-state index contributed by atoms with van der Waals surface area (Å²) in [6, 6.07) is 14.7. The molecule has 2 aromatic carbocycles. The zero-order chi connectivity index (χ0) is 21.4. The van der Waals surface area contributed by atoms with Crippen molar-refractivity contribution in [3.8, 4) is 0 Å². The van der Waals surface area contributed by atoms with E-state index in [0.29, 0.717) is 31.1 Å². The maximum atomic E-state index is 12.3. The number of nitrogens with zero attached hydrogens (tertiary/aromatic N) is 2. The monoisotopic (exact) mass is 436 g/mol. The van der Waals surface area contributed by atoms with Gasteiger partial charge in [0.05, 0.1) is 31.6 Å². The molecule has 0 saturated heterocycles. The summed E-state index contributed by atoms with van der Waals surface area (Å²) in [6.07, 6.45) is 3.16. The van der Waals surface area contributed by atoms with E-state index in [4.69, 9.17) is 4.74 Å². The molecule has 3 rings (SSSR count). The summed E-state index contributed by atoms with van der Waals surface area (Å²) in [5.74, 6) is 0. The molecule has 158 valence electrons. The number of urea groups is 1. The average Bonchev–Trinajstić information content (AvgIpc) is 3.13. The fourth-order valence-corrected chi connectivity index (χ4v) is 3.05. The van der Waals surface area contributed by atoms with Gasteiger partial charge in [-0.25, -0.2) is 4.79 Å². The molecule has 0 radical (unpaired) electrons. The van der Waals surface area contributed by atoms with Crippen LogP contribution in [-0.4, -0.2) is 27.9 Å². The molecule has 6 nitrogen and oxygen atoms in total. The highest BCUT2D eigenvalue weighted by Crippen LogP contribution is 2.37. The summed E-state index contributed by atoms with van der Waals surface area (Å²) in [6.45, 7) is 1.49. The third-order valence-corrected chi connectivity index (χ3v) is 4.55. The van der Waals surface area contributed by atoms with Crippen molar-refractivity contribution < 1.29 is 22.7 Å². The van der Waals surface area contributed by atoms with Crippen LogP contribution in [0.5, 0.6) is 0 Å². The molecule has 0 fully saturated rings. The number of alkyl halides is 3. The lowest BCUT2D eigenvalue weighted by Gasteiger charge is -2.08. The van der Waals surface area contributed by atoms with Crippen LogP contribution >= 0.6 is 11.8 Å². The van der Waals surface area contributed by atoms with E-state index in [-0.39, 0.29) is 16.7 Å². The second-order valence-corrected chi connectivity index (χ2v) is 7.32. The van der Waals surface area contributed by atoms with Crippen molar-refractivity contribution in [2.45, 2.75) is 23.6 Å². The molecule has 30 heavy (non-hydrogen) atoms. The van der Waals surface area contributed by atoms with Gasteiger partial charge >= 0.3 is 11.5 Å². The number of nitrogens with one attached hydrogen (secondary N) is 2. The lowest BCUT2D eigenvalue weighted by Crippen LogP contribution is -2.19. The molecule has 2 amide bonds. The lowest BCUT2D eigenvalue weighted by atomic mass is 10.2. The Labute approximate surface area is 175 Å². The van der Waals surface area contributed by atoms with E-state index in [2.05, 4.69) is 15.7 Å². The summed E-state index contributed by atoms with van der Waals surface area (Å²) in [4.78, 5) is 12.1. The Bertz CT molecular complexity index is 947. The van der Waals surface area contributed by atoms with Gasteiger partial charge in [0.25, 0.3) is 0 Å². The predicted octanol–water partition coefficient (Wildman–Crippen LogP) is 5.36. The molecule has 0 aliphatic heterocycles. The SMILES string of the molecule is O=C(Nc1ccc(SC(F)(F)F)cc1)Nc1cnn(CCOCc2ccccc2)c1. The Morgan fingerprint density at radius 2 is 1.73 bits per heavy atom. The number of thioether (sulfide) groups is 1. The van der Waals surface area contributed by atoms with E-state index >= 15 is 0 Å². The maximum absolute atomic E-state index is 12.3. The molecule has 0 atom stereocenters. The van der Waals surface area contributed by atoms with Crippen LogP contribution in [0, 0.1) is 0 Å². The van der Waals surface area contributed by atoms with Crippen molar-refractivity contribution in [3.05, 3.63) is 72.6 Å². The number of carbonyl (C=O) groups excluding carboxylic acids is 1. The summed E-state index contributed by atoms with van der Waals surface area (Å²) in [5, 5.41) is 9.33. The topological polar surface area (TPSA) is 68.2 Å². The first-order valence-corrected chi connectivity index (χ1v) is 9.77. The number of rotatable bonds is 8. The molecule has 0 spiro atoms. The van der Waals surface area contributed by atoms with Gasteiger partial charge in [0, 0.05) is 16.8 Å². The Balaban J connectivity index is 1.41. The van der Waals surface area contributed by atoms with Crippen LogP contribution in [0.3, 0.4) is 0 Å². The van der Waals surface area contributed by atoms with Crippen molar-refractivity contribution in [3.63, 3.8) is 0 Å². The predicted molar refractivity (Wildman–Crippen MR) is 109 cm³/mol. The number of aromatic nitrogens is 2. The summed E-state index contributed by atoms with van der Waals surface area (Å²) >= 11 is -0.209. The highest BCUT2D eigenvalue weighted by atomic mass is 32.2. The normalized spacial score (nSPS) is 11.3. The minimum atomic E-state index is -4.35. The number of halogens is 3. The fourth-order valence-electron chi connectivity index (χ4n) is 2.51. The molecule has 3 aromatic rings. The van der Waals surface area contributed by atoms with Crippen LogP contribution in [0.4, 0.5) is 29.3 Å². The van der Waals surface area contributed by atoms with Gasteiger partial charge in [-0.3, -0.25) is 4.68 Å². The number of anilines is 2. The van der Waals surface area contributed by atoms with Crippen molar-refractivity contribution in [1.29, 1.82) is 0 Å². The maximum Gasteiger partial charge on any atom is 0.446 e. The van der Waals surface area contributed by atoms with E-state index < -0.39 is 11.5 Å². The summed E-state index contributed by atoms with van der Waals surface area (Å²) < 4.78 is 44.3. The molecule has 0 unspecified atom stereocenters. The van der Waals surface area contributed by atoms with Gasteiger partial charge in [-0.2, -0.15) is 18.3 Å². The van der Waals surface area contributed by atoms with E-state index in [0.717, 1.165) is 5.56 Å². The molecule has 0 bridgehead atoms. The molecule has 2 N–H and O–H groups in total. The molecular weight excluding hydrogens is 417 g/mol. The van der Waals surface area contributed by atoms with Gasteiger partial charge in [0.2, 0.25) is 0 Å². The van der Waals surface area contributed by atoms with Crippen molar-refractivity contribution in [2.75, 3.05) is 17.2 Å². The van der Waals surface area contributed by atoms with Crippen LogP contribution in [0.15, 0.2) is 71.9 Å². The average molecular weight is 436 g/mol. The Hall–Kier alpha value is -2.98. The van der Waals surface area contributed by atoms with Gasteiger partial charge in [0.1, 0.15) is 0 Å². The largest absolute Gasteiger partial charge is 0.446 e. The molecule has 1 heterocycles. The lowest BCUT2D eigenvalue weighted by molar-refractivity contribution is -0.0328. The number of hydrogen-bond acceptors (Lipinski definition) is 4. The number of hydrogen-bond donors (Lipinski definition) is 2. The number of carbonyl (C=O) groups is 1. The van der Waals surface area contributed by atoms with Crippen molar-refractivity contribution in [1.82, 2.24) is 9.78 Å². The molecule has 0 saturated carbocycles.